The summed E-state index contributed by atoms with van der Waals surface area (Å²) in [5.41, 5.74) is 4.87. The van der Waals surface area contributed by atoms with Crippen LogP contribution in [-0.4, -0.2) is 12.9 Å². The molecule has 0 saturated heterocycles. The summed E-state index contributed by atoms with van der Waals surface area (Å²) < 4.78 is 5.41. The topological polar surface area (TPSA) is 26.3 Å². The van der Waals surface area contributed by atoms with Crippen LogP contribution in [0.4, 0.5) is 0 Å². The van der Waals surface area contributed by atoms with E-state index in [0.717, 1.165) is 17.5 Å². The lowest BCUT2D eigenvalue weighted by Gasteiger charge is -2.15. The van der Waals surface area contributed by atoms with E-state index in [0.29, 0.717) is 6.42 Å². The fraction of sp³-hybridized carbons (Fsp3) is 0.316. The number of benzene rings is 2. The number of ketones is 1. The minimum atomic E-state index is -0.473. The zero-order valence-electron chi connectivity index (χ0n) is 12.3. The molecule has 1 atom stereocenters. The second-order valence-electron chi connectivity index (χ2n) is 5.63. The van der Waals surface area contributed by atoms with Gasteiger partial charge in [0.1, 0.15) is 6.10 Å². The van der Waals surface area contributed by atoms with Crippen LogP contribution in [0.1, 0.15) is 34.8 Å². The molecule has 0 N–H and O–H groups in total. The van der Waals surface area contributed by atoms with Crippen molar-refractivity contribution in [2.24, 2.45) is 0 Å². The highest BCUT2D eigenvalue weighted by molar-refractivity contribution is 5.86. The van der Waals surface area contributed by atoms with Gasteiger partial charge in [0.25, 0.3) is 0 Å². The maximum Gasteiger partial charge on any atom is 0.170 e. The lowest BCUT2D eigenvalue weighted by Crippen LogP contribution is -2.17. The molecule has 0 aliphatic heterocycles. The Balaban J connectivity index is 1.76. The zero-order valence-corrected chi connectivity index (χ0v) is 12.3. The lowest BCUT2D eigenvalue weighted by atomic mass is 9.97. The van der Waals surface area contributed by atoms with E-state index < -0.39 is 6.10 Å². The number of carbonyl (C=O) groups excluding carboxylic acids is 1. The third kappa shape index (κ3) is 3.06. The maximum atomic E-state index is 12.5. The molecule has 0 radical (unpaired) electrons. The molecule has 108 valence electrons. The Morgan fingerprint density at radius 3 is 2.62 bits per heavy atom. The molecule has 2 aromatic rings. The molecule has 1 aliphatic rings. The summed E-state index contributed by atoms with van der Waals surface area (Å²) in [6.45, 7) is 0. The van der Waals surface area contributed by atoms with Crippen LogP contribution in [-0.2, 0) is 28.8 Å². The van der Waals surface area contributed by atoms with Crippen LogP contribution < -0.4 is 0 Å². The first-order chi connectivity index (χ1) is 10.3. The maximum absolute atomic E-state index is 12.5. The minimum absolute atomic E-state index is 0.113. The largest absolute Gasteiger partial charge is 0.369 e. The van der Waals surface area contributed by atoms with Crippen molar-refractivity contribution in [3.63, 3.8) is 0 Å². The van der Waals surface area contributed by atoms with E-state index in [1.807, 2.05) is 30.3 Å². The Morgan fingerprint density at radius 1 is 1.10 bits per heavy atom. The van der Waals surface area contributed by atoms with Crippen molar-refractivity contribution in [2.45, 2.75) is 31.8 Å². The summed E-state index contributed by atoms with van der Waals surface area (Å²) in [5, 5.41) is 0. The van der Waals surface area contributed by atoms with Crippen molar-refractivity contribution in [2.75, 3.05) is 7.11 Å². The van der Waals surface area contributed by atoms with Gasteiger partial charge in [0, 0.05) is 13.5 Å². The van der Waals surface area contributed by atoms with Gasteiger partial charge in [-0.3, -0.25) is 4.79 Å². The van der Waals surface area contributed by atoms with E-state index in [1.54, 1.807) is 7.11 Å². The molecule has 0 spiro atoms. The van der Waals surface area contributed by atoms with Crippen molar-refractivity contribution in [1.29, 1.82) is 0 Å². The standard InChI is InChI=1S/C19H20O2/c1-21-19(16-6-3-2-4-7-16)18(20)13-14-10-11-15-8-5-9-17(15)12-14/h2-4,6-7,10-12,19H,5,8-9,13H2,1H3. The van der Waals surface area contributed by atoms with Crippen molar-refractivity contribution < 1.29 is 9.53 Å². The Kier molecular flexibility index (Phi) is 4.16. The number of ether oxygens (including phenoxy) is 1. The Morgan fingerprint density at radius 2 is 1.86 bits per heavy atom. The lowest BCUT2D eigenvalue weighted by molar-refractivity contribution is -0.128. The Hall–Kier alpha value is -1.93. The number of hydrogen-bond acceptors (Lipinski definition) is 2. The average Bonchev–Trinajstić information content (AvgIpc) is 2.96. The highest BCUT2D eigenvalue weighted by atomic mass is 16.5. The molecule has 0 aromatic heterocycles. The van der Waals surface area contributed by atoms with Crippen LogP contribution in [0.2, 0.25) is 0 Å². The first-order valence-corrected chi connectivity index (χ1v) is 7.49. The zero-order chi connectivity index (χ0) is 14.7. The molecule has 1 aliphatic carbocycles. The molecular weight excluding hydrogens is 260 g/mol. The minimum Gasteiger partial charge on any atom is -0.369 e. The smallest absolute Gasteiger partial charge is 0.170 e. The van der Waals surface area contributed by atoms with Gasteiger partial charge < -0.3 is 4.74 Å². The summed E-state index contributed by atoms with van der Waals surface area (Å²) in [6.07, 6.45) is 3.51. The van der Waals surface area contributed by atoms with Gasteiger partial charge in [-0.15, -0.1) is 0 Å². The SMILES string of the molecule is COC(C(=O)Cc1ccc2c(c1)CCC2)c1ccccc1. The molecule has 0 bridgehead atoms. The Labute approximate surface area is 125 Å². The average molecular weight is 280 g/mol. The first kappa shape index (κ1) is 14.0. The number of hydrogen-bond donors (Lipinski definition) is 0. The molecule has 0 fully saturated rings. The van der Waals surface area contributed by atoms with Gasteiger partial charge in [-0.1, -0.05) is 48.5 Å². The third-order valence-electron chi connectivity index (χ3n) is 4.17. The van der Waals surface area contributed by atoms with Crippen molar-refractivity contribution in [1.82, 2.24) is 0 Å². The highest BCUT2D eigenvalue weighted by Crippen LogP contribution is 2.25. The number of carbonyl (C=O) groups is 1. The summed E-state index contributed by atoms with van der Waals surface area (Å²) in [5.74, 6) is 0.113. The van der Waals surface area contributed by atoms with Gasteiger partial charge in [0.2, 0.25) is 0 Å². The molecule has 2 heteroatoms. The monoisotopic (exact) mass is 280 g/mol. The van der Waals surface area contributed by atoms with Gasteiger partial charge in [0.05, 0.1) is 0 Å². The quantitative estimate of drug-likeness (QED) is 0.835. The third-order valence-corrected chi connectivity index (χ3v) is 4.17. The molecule has 2 aromatic carbocycles. The van der Waals surface area contributed by atoms with Gasteiger partial charge in [-0.05, 0) is 41.5 Å². The molecule has 0 amide bonds. The second kappa shape index (κ2) is 6.23. The second-order valence-corrected chi connectivity index (χ2v) is 5.63. The molecule has 3 rings (SSSR count). The van der Waals surface area contributed by atoms with Crippen LogP contribution in [0, 0.1) is 0 Å². The van der Waals surface area contributed by atoms with E-state index in [1.165, 1.54) is 24.0 Å². The van der Waals surface area contributed by atoms with Crippen LogP contribution in [0.3, 0.4) is 0 Å². The molecule has 0 saturated carbocycles. The molecule has 21 heavy (non-hydrogen) atoms. The Bertz CT molecular complexity index is 631. The van der Waals surface area contributed by atoms with E-state index in [9.17, 15) is 4.79 Å². The predicted octanol–water partition coefficient (Wildman–Crippen LogP) is 3.67. The van der Waals surface area contributed by atoms with Crippen molar-refractivity contribution >= 4 is 5.78 Å². The summed E-state index contributed by atoms with van der Waals surface area (Å²) >= 11 is 0. The van der Waals surface area contributed by atoms with Crippen LogP contribution >= 0.6 is 0 Å². The number of Topliss-reactive ketones (excluding diaryl/α,β-unsaturated/α-hetero) is 1. The predicted molar refractivity (Wildman–Crippen MR) is 83.4 cm³/mol. The summed E-state index contributed by atoms with van der Waals surface area (Å²) in [6, 6.07) is 16.1. The molecule has 1 unspecified atom stereocenters. The van der Waals surface area contributed by atoms with Crippen LogP contribution in [0.25, 0.3) is 0 Å². The number of aryl methyl sites for hydroxylation is 2. The van der Waals surface area contributed by atoms with E-state index >= 15 is 0 Å². The number of methoxy groups -OCH3 is 1. The summed E-state index contributed by atoms with van der Waals surface area (Å²) in [7, 11) is 1.60. The van der Waals surface area contributed by atoms with Crippen molar-refractivity contribution in [3.8, 4) is 0 Å². The normalized spacial score (nSPS) is 14.7. The number of rotatable bonds is 5. The van der Waals surface area contributed by atoms with Crippen molar-refractivity contribution in [3.05, 3.63) is 70.8 Å². The van der Waals surface area contributed by atoms with E-state index in [4.69, 9.17) is 4.74 Å². The molecular formula is C19H20O2. The van der Waals surface area contributed by atoms with E-state index in [-0.39, 0.29) is 5.78 Å². The van der Waals surface area contributed by atoms with Gasteiger partial charge in [-0.2, -0.15) is 0 Å². The molecule has 0 heterocycles. The van der Waals surface area contributed by atoms with Gasteiger partial charge >= 0.3 is 0 Å². The van der Waals surface area contributed by atoms with E-state index in [2.05, 4.69) is 18.2 Å². The first-order valence-electron chi connectivity index (χ1n) is 7.49. The van der Waals surface area contributed by atoms with Crippen LogP contribution in [0.5, 0.6) is 0 Å². The highest BCUT2D eigenvalue weighted by Gasteiger charge is 2.20. The van der Waals surface area contributed by atoms with Gasteiger partial charge in [-0.25, -0.2) is 0 Å². The fourth-order valence-corrected chi connectivity index (χ4v) is 3.11. The molecule has 2 nitrogen and oxygen atoms in total. The number of fused-ring (bicyclic) bond motifs is 1. The van der Waals surface area contributed by atoms with Gasteiger partial charge in [0.15, 0.2) is 5.78 Å². The fourth-order valence-electron chi connectivity index (χ4n) is 3.11. The summed E-state index contributed by atoms with van der Waals surface area (Å²) in [4.78, 5) is 12.5. The van der Waals surface area contributed by atoms with Crippen LogP contribution in [0.15, 0.2) is 48.5 Å².